The van der Waals surface area contributed by atoms with Crippen molar-refractivity contribution in [2.45, 2.75) is 92.9 Å². The number of nitrogens with two attached hydrogens (primary N) is 1. The van der Waals surface area contributed by atoms with E-state index in [0.29, 0.717) is 5.56 Å². The molecule has 2 N–H and O–H groups in total. The van der Waals surface area contributed by atoms with Crippen LogP contribution in [0.15, 0.2) is 18.2 Å². The first-order valence-electron chi connectivity index (χ1n) is 13.0. The molecule has 0 heterocycles. The zero-order valence-electron chi connectivity index (χ0n) is 23.8. The van der Waals surface area contributed by atoms with E-state index in [1.807, 2.05) is 41.5 Å². The maximum absolute atomic E-state index is 12.4. The third kappa shape index (κ3) is 12.9. The monoisotopic (exact) mass is 537 g/mol. The molecule has 38 heavy (non-hydrogen) atoms. The number of esters is 3. The van der Waals surface area contributed by atoms with Crippen LogP contribution in [0.5, 0.6) is 11.5 Å². The van der Waals surface area contributed by atoms with Gasteiger partial charge in [0.2, 0.25) is 0 Å². The van der Waals surface area contributed by atoms with Gasteiger partial charge < -0.3 is 29.4 Å². The average Bonchev–Trinajstić information content (AvgIpc) is 2.77. The molecule has 0 aromatic heterocycles. The molecule has 0 aliphatic rings. The van der Waals surface area contributed by atoms with Crippen molar-refractivity contribution < 1.29 is 42.9 Å². The molecule has 1 rings (SSSR count). The van der Waals surface area contributed by atoms with Gasteiger partial charge in [-0.25, -0.2) is 4.79 Å². The van der Waals surface area contributed by atoms with E-state index in [-0.39, 0.29) is 61.2 Å². The fourth-order valence-corrected chi connectivity index (χ4v) is 3.00. The Kier molecular flexibility index (Phi) is 13.8. The molecule has 1 aromatic rings. The maximum Gasteiger partial charge on any atom is 0.508 e. The summed E-state index contributed by atoms with van der Waals surface area (Å²) in [5.74, 6) is -1.14. The van der Waals surface area contributed by atoms with Crippen molar-refractivity contribution >= 4 is 24.1 Å². The molecule has 0 spiro atoms. The Morgan fingerprint density at radius 3 is 1.87 bits per heavy atom. The lowest BCUT2D eigenvalue weighted by Gasteiger charge is -2.19. The molecular formula is C28H43NO9. The van der Waals surface area contributed by atoms with Crippen LogP contribution in [-0.4, -0.2) is 48.9 Å². The second-order valence-electron chi connectivity index (χ2n) is 10.6. The zero-order chi connectivity index (χ0) is 29.0. The van der Waals surface area contributed by atoms with E-state index in [1.54, 1.807) is 19.9 Å². The van der Waals surface area contributed by atoms with Crippen molar-refractivity contribution in [3.05, 3.63) is 23.8 Å². The molecule has 10 heteroatoms. The van der Waals surface area contributed by atoms with Crippen molar-refractivity contribution in [3.63, 3.8) is 0 Å². The number of rotatable bonds is 14. The van der Waals surface area contributed by atoms with E-state index in [9.17, 15) is 19.2 Å². The average molecular weight is 538 g/mol. The van der Waals surface area contributed by atoms with Crippen molar-refractivity contribution in [1.29, 1.82) is 0 Å². The summed E-state index contributed by atoms with van der Waals surface area (Å²) in [5, 5.41) is 0. The molecule has 214 valence electrons. The summed E-state index contributed by atoms with van der Waals surface area (Å²) in [6, 6.07) is 3.61. The minimum Gasteiger partial charge on any atom is -0.461 e. The number of carbonyl (C=O) groups excluding carboxylic acids is 4. The zero-order valence-corrected chi connectivity index (χ0v) is 23.8. The van der Waals surface area contributed by atoms with Gasteiger partial charge in [0.05, 0.1) is 0 Å². The summed E-state index contributed by atoms with van der Waals surface area (Å²) >= 11 is 0. The van der Waals surface area contributed by atoms with E-state index in [4.69, 9.17) is 29.4 Å². The molecule has 0 aliphatic heterocycles. The summed E-state index contributed by atoms with van der Waals surface area (Å²) in [6.07, 6.45) is -1.44. The largest absolute Gasteiger partial charge is 0.508 e. The van der Waals surface area contributed by atoms with Crippen LogP contribution in [0, 0.1) is 17.8 Å². The van der Waals surface area contributed by atoms with E-state index < -0.39 is 36.2 Å². The Balaban J connectivity index is 2.80. The van der Waals surface area contributed by atoms with Gasteiger partial charge in [0, 0.05) is 12.8 Å². The second kappa shape index (κ2) is 16.0. The van der Waals surface area contributed by atoms with Crippen molar-refractivity contribution in [2.75, 3.05) is 6.61 Å². The van der Waals surface area contributed by atoms with Crippen molar-refractivity contribution in [1.82, 2.24) is 0 Å². The molecule has 0 fully saturated rings. The quantitative estimate of drug-likeness (QED) is 0.265. The first-order chi connectivity index (χ1) is 17.7. The Morgan fingerprint density at radius 2 is 1.34 bits per heavy atom. The lowest BCUT2D eigenvalue weighted by Crippen LogP contribution is -2.36. The van der Waals surface area contributed by atoms with Gasteiger partial charge in [0.1, 0.15) is 24.9 Å². The van der Waals surface area contributed by atoms with Gasteiger partial charge in [-0.1, -0.05) is 47.6 Å². The highest BCUT2D eigenvalue weighted by Crippen LogP contribution is 2.30. The summed E-state index contributed by atoms with van der Waals surface area (Å²) in [4.78, 5) is 48.7. The van der Waals surface area contributed by atoms with Crippen LogP contribution in [0.25, 0.3) is 0 Å². The summed E-state index contributed by atoms with van der Waals surface area (Å²) in [7, 11) is 0. The van der Waals surface area contributed by atoms with E-state index in [2.05, 4.69) is 0 Å². The van der Waals surface area contributed by atoms with Gasteiger partial charge in [-0.3, -0.25) is 14.4 Å². The fourth-order valence-electron chi connectivity index (χ4n) is 3.00. The number of hydrogen-bond donors (Lipinski definition) is 1. The lowest BCUT2D eigenvalue weighted by molar-refractivity contribution is -0.148. The van der Waals surface area contributed by atoms with Crippen LogP contribution in [0.3, 0.4) is 0 Å². The highest BCUT2D eigenvalue weighted by molar-refractivity contribution is 5.77. The maximum atomic E-state index is 12.4. The predicted octanol–water partition coefficient (Wildman–Crippen LogP) is 4.59. The third-order valence-corrected chi connectivity index (χ3v) is 5.34. The molecule has 10 nitrogen and oxygen atoms in total. The molecule has 0 aliphatic carbocycles. The van der Waals surface area contributed by atoms with Crippen molar-refractivity contribution in [3.8, 4) is 11.5 Å². The smallest absolute Gasteiger partial charge is 0.461 e. The number of carbonyl (C=O) groups is 4. The normalized spacial score (nSPS) is 13.6. The third-order valence-electron chi connectivity index (χ3n) is 5.34. The van der Waals surface area contributed by atoms with Gasteiger partial charge in [-0.15, -0.1) is 0 Å². The number of hydrogen-bond acceptors (Lipinski definition) is 10. The molecule has 0 saturated heterocycles. The Labute approximate surface area is 225 Å². The SMILES string of the molecule is CC(C)CC(=O)Oc1ccc(C[C@H](N)C(=O)OC[C@H](C)OC(=O)OC(C)C(C)C)cc1OC(=O)CC(C)C. The van der Waals surface area contributed by atoms with Crippen LogP contribution >= 0.6 is 0 Å². The summed E-state index contributed by atoms with van der Waals surface area (Å²) in [5.41, 5.74) is 6.60. The second-order valence-corrected chi connectivity index (χ2v) is 10.6. The molecule has 3 atom stereocenters. The standard InChI is InChI=1S/C28H43NO9/c1-16(2)11-25(30)37-23-10-9-21(14-24(23)38-26(31)12-17(3)4)13-22(29)27(32)34-15-19(7)35-28(33)36-20(8)18(5)6/h9-10,14,16-20,22H,11-13,15,29H2,1-8H3/t19-,20?,22-/m0/s1. The van der Waals surface area contributed by atoms with Crippen LogP contribution in [-0.2, 0) is 35.0 Å². The Morgan fingerprint density at radius 1 is 0.789 bits per heavy atom. The Bertz CT molecular complexity index is 942. The van der Waals surface area contributed by atoms with Crippen LogP contribution in [0.1, 0.15) is 73.8 Å². The highest BCUT2D eigenvalue weighted by Gasteiger charge is 2.22. The first-order valence-corrected chi connectivity index (χ1v) is 13.0. The number of benzene rings is 1. The van der Waals surface area contributed by atoms with E-state index >= 15 is 0 Å². The molecule has 0 radical (unpaired) electrons. The molecule has 1 unspecified atom stereocenters. The lowest BCUT2D eigenvalue weighted by atomic mass is 10.1. The minimum absolute atomic E-state index is 0.0664. The van der Waals surface area contributed by atoms with Crippen LogP contribution in [0.4, 0.5) is 4.79 Å². The van der Waals surface area contributed by atoms with E-state index in [1.165, 1.54) is 12.1 Å². The van der Waals surface area contributed by atoms with Gasteiger partial charge in [0.25, 0.3) is 0 Å². The summed E-state index contributed by atoms with van der Waals surface area (Å²) < 4.78 is 26.3. The van der Waals surface area contributed by atoms with Gasteiger partial charge in [0.15, 0.2) is 11.5 Å². The molecule has 0 saturated carbocycles. The van der Waals surface area contributed by atoms with Crippen LogP contribution in [0.2, 0.25) is 0 Å². The topological polar surface area (TPSA) is 140 Å². The minimum atomic E-state index is -1.04. The van der Waals surface area contributed by atoms with Gasteiger partial charge in [-0.05, 0) is 55.7 Å². The number of ether oxygens (including phenoxy) is 5. The van der Waals surface area contributed by atoms with E-state index in [0.717, 1.165) is 0 Å². The molecule has 1 aromatic carbocycles. The molecule has 0 bridgehead atoms. The Hall–Kier alpha value is -3.14. The van der Waals surface area contributed by atoms with Crippen LogP contribution < -0.4 is 15.2 Å². The molecule has 0 amide bonds. The highest BCUT2D eigenvalue weighted by atomic mass is 16.7. The summed E-state index contributed by atoms with van der Waals surface area (Å²) in [6.45, 7) is 14.5. The van der Waals surface area contributed by atoms with Crippen molar-refractivity contribution in [2.24, 2.45) is 23.5 Å². The van der Waals surface area contributed by atoms with Gasteiger partial charge in [-0.2, -0.15) is 0 Å². The first kappa shape index (κ1) is 32.9. The fraction of sp³-hybridized carbons (Fsp3) is 0.643. The predicted molar refractivity (Wildman–Crippen MR) is 141 cm³/mol. The molecular weight excluding hydrogens is 494 g/mol. The van der Waals surface area contributed by atoms with Gasteiger partial charge >= 0.3 is 24.1 Å².